The van der Waals surface area contributed by atoms with Crippen LogP contribution in [0.3, 0.4) is 0 Å². The molecule has 1 atom stereocenters. The predicted octanol–water partition coefficient (Wildman–Crippen LogP) is 3.77. The summed E-state index contributed by atoms with van der Waals surface area (Å²) < 4.78 is 53.1. The van der Waals surface area contributed by atoms with E-state index in [-0.39, 0.29) is 11.3 Å². The van der Waals surface area contributed by atoms with Crippen LogP contribution in [0.15, 0.2) is 24.3 Å². The molecule has 6 nitrogen and oxygen atoms in total. The first-order valence-electron chi connectivity index (χ1n) is 9.71. The lowest BCUT2D eigenvalue weighted by molar-refractivity contribution is -0.156. The van der Waals surface area contributed by atoms with Crippen LogP contribution >= 0.6 is 0 Å². The SMILES string of the molecule is Cc1cc(NC(=O)c2cc(C(=O)C(=O)N[C@@H](C)C(F)(F)F)n3c2CCCC3)ccc1F. The fourth-order valence-electron chi connectivity index (χ4n) is 3.44. The molecule has 0 fully saturated rings. The summed E-state index contributed by atoms with van der Waals surface area (Å²) in [4.78, 5) is 37.5. The third-order valence-corrected chi connectivity index (χ3v) is 5.19. The number of hydrogen-bond acceptors (Lipinski definition) is 3. The Balaban J connectivity index is 1.88. The molecule has 1 aliphatic rings. The van der Waals surface area contributed by atoms with E-state index in [1.807, 2.05) is 0 Å². The molecule has 0 saturated carbocycles. The van der Waals surface area contributed by atoms with Gasteiger partial charge in [0.2, 0.25) is 0 Å². The minimum atomic E-state index is -4.69. The third kappa shape index (κ3) is 4.78. The summed E-state index contributed by atoms with van der Waals surface area (Å²) in [6, 6.07) is 3.09. The Hall–Kier alpha value is -3.17. The van der Waals surface area contributed by atoms with Gasteiger partial charge >= 0.3 is 6.18 Å². The molecule has 0 unspecified atom stereocenters. The van der Waals surface area contributed by atoms with Gasteiger partial charge in [-0.3, -0.25) is 14.4 Å². The van der Waals surface area contributed by atoms with E-state index in [4.69, 9.17) is 0 Å². The van der Waals surface area contributed by atoms with Crippen LogP contribution in [0.2, 0.25) is 0 Å². The van der Waals surface area contributed by atoms with E-state index in [1.165, 1.54) is 28.8 Å². The van der Waals surface area contributed by atoms with Crippen molar-refractivity contribution in [3.63, 3.8) is 0 Å². The Kier molecular flexibility index (Phi) is 6.19. The number of Topliss-reactive ketones (excluding diaryl/α,β-unsaturated/α-hetero) is 1. The summed E-state index contributed by atoms with van der Waals surface area (Å²) in [5, 5.41) is 4.28. The van der Waals surface area contributed by atoms with E-state index in [0.717, 1.165) is 13.3 Å². The summed E-state index contributed by atoms with van der Waals surface area (Å²) in [5.41, 5.74) is 1.23. The van der Waals surface area contributed by atoms with Gasteiger partial charge in [-0.25, -0.2) is 4.39 Å². The Morgan fingerprint density at radius 2 is 1.84 bits per heavy atom. The number of fused-ring (bicyclic) bond motifs is 1. The number of ketones is 1. The zero-order valence-corrected chi connectivity index (χ0v) is 16.9. The van der Waals surface area contributed by atoms with E-state index >= 15 is 0 Å². The number of anilines is 1. The number of benzene rings is 1. The second-order valence-electron chi connectivity index (χ2n) is 7.48. The summed E-state index contributed by atoms with van der Waals surface area (Å²) in [7, 11) is 0. The molecule has 1 aliphatic heterocycles. The lowest BCUT2D eigenvalue weighted by Gasteiger charge is -2.19. The van der Waals surface area contributed by atoms with Gasteiger partial charge in [-0.05, 0) is 62.9 Å². The average Bonchev–Trinajstić information content (AvgIpc) is 3.09. The van der Waals surface area contributed by atoms with E-state index < -0.39 is 35.6 Å². The molecule has 166 valence electrons. The quantitative estimate of drug-likeness (QED) is 0.423. The Labute approximate surface area is 175 Å². The van der Waals surface area contributed by atoms with E-state index in [1.54, 1.807) is 12.2 Å². The normalized spacial score (nSPS) is 14.5. The fourth-order valence-corrected chi connectivity index (χ4v) is 3.44. The Bertz CT molecular complexity index is 1040. The smallest absolute Gasteiger partial charge is 0.341 e. The molecule has 0 bridgehead atoms. The molecule has 1 aromatic carbocycles. The molecule has 2 N–H and O–H groups in total. The number of alkyl halides is 3. The highest BCUT2D eigenvalue weighted by atomic mass is 19.4. The number of hydrogen-bond donors (Lipinski definition) is 2. The van der Waals surface area contributed by atoms with Crippen LogP contribution in [0.4, 0.5) is 23.2 Å². The average molecular weight is 439 g/mol. The van der Waals surface area contributed by atoms with Crippen LogP contribution in [0.25, 0.3) is 0 Å². The molecular weight excluding hydrogens is 418 g/mol. The molecule has 10 heteroatoms. The minimum absolute atomic E-state index is 0.137. The van der Waals surface area contributed by atoms with Crippen molar-refractivity contribution in [3.8, 4) is 0 Å². The number of nitrogens with zero attached hydrogens (tertiary/aromatic N) is 1. The van der Waals surface area contributed by atoms with Gasteiger partial charge in [0.05, 0.1) is 11.3 Å². The lowest BCUT2D eigenvalue weighted by Crippen LogP contribution is -2.46. The van der Waals surface area contributed by atoms with Crippen LogP contribution in [-0.2, 0) is 17.8 Å². The summed E-state index contributed by atoms with van der Waals surface area (Å²) in [5.74, 6) is -3.52. The first kappa shape index (κ1) is 22.5. The summed E-state index contributed by atoms with van der Waals surface area (Å²) in [6.45, 7) is 2.65. The Morgan fingerprint density at radius 1 is 1.13 bits per heavy atom. The molecule has 0 radical (unpaired) electrons. The van der Waals surface area contributed by atoms with E-state index in [2.05, 4.69) is 5.32 Å². The van der Waals surface area contributed by atoms with E-state index in [9.17, 15) is 31.9 Å². The maximum absolute atomic E-state index is 13.5. The monoisotopic (exact) mass is 439 g/mol. The molecule has 2 aromatic rings. The predicted molar refractivity (Wildman–Crippen MR) is 104 cm³/mol. The maximum Gasteiger partial charge on any atom is 0.408 e. The lowest BCUT2D eigenvalue weighted by atomic mass is 10.1. The fraction of sp³-hybridized carbons (Fsp3) is 0.381. The van der Waals surface area contributed by atoms with E-state index in [0.29, 0.717) is 36.3 Å². The molecular formula is C21H21F4N3O3. The van der Waals surface area contributed by atoms with Crippen molar-refractivity contribution >= 4 is 23.3 Å². The van der Waals surface area contributed by atoms with Crippen molar-refractivity contribution in [2.24, 2.45) is 0 Å². The first-order chi connectivity index (χ1) is 14.5. The van der Waals surface area contributed by atoms with Crippen molar-refractivity contribution in [2.45, 2.75) is 51.9 Å². The van der Waals surface area contributed by atoms with Gasteiger partial charge < -0.3 is 15.2 Å². The van der Waals surface area contributed by atoms with Gasteiger partial charge in [-0.2, -0.15) is 13.2 Å². The highest BCUT2D eigenvalue weighted by Crippen LogP contribution is 2.26. The molecule has 0 spiro atoms. The number of carbonyl (C=O) groups is 3. The highest BCUT2D eigenvalue weighted by molar-refractivity contribution is 6.42. The minimum Gasteiger partial charge on any atom is -0.341 e. The Morgan fingerprint density at radius 3 is 2.48 bits per heavy atom. The molecule has 0 aliphatic carbocycles. The molecule has 3 rings (SSSR count). The van der Waals surface area contributed by atoms with Crippen molar-refractivity contribution in [1.82, 2.24) is 9.88 Å². The van der Waals surface area contributed by atoms with Gasteiger partial charge in [0.15, 0.2) is 0 Å². The molecule has 0 saturated heterocycles. The molecule has 31 heavy (non-hydrogen) atoms. The van der Waals surface area contributed by atoms with Crippen LogP contribution in [-0.4, -0.2) is 34.4 Å². The van der Waals surface area contributed by atoms with Crippen molar-refractivity contribution in [1.29, 1.82) is 0 Å². The van der Waals surface area contributed by atoms with Crippen LogP contribution in [0, 0.1) is 12.7 Å². The van der Waals surface area contributed by atoms with Crippen molar-refractivity contribution in [3.05, 3.63) is 52.6 Å². The van der Waals surface area contributed by atoms with Crippen LogP contribution in [0.5, 0.6) is 0 Å². The van der Waals surface area contributed by atoms with Gasteiger partial charge in [-0.1, -0.05) is 0 Å². The number of carbonyl (C=O) groups excluding carboxylic acids is 3. The number of aromatic nitrogens is 1. The zero-order valence-electron chi connectivity index (χ0n) is 16.9. The maximum atomic E-state index is 13.5. The molecule has 2 heterocycles. The topological polar surface area (TPSA) is 80.2 Å². The molecule has 2 amide bonds. The third-order valence-electron chi connectivity index (χ3n) is 5.19. The zero-order chi connectivity index (χ0) is 22.9. The van der Waals surface area contributed by atoms with Gasteiger partial charge in [-0.15, -0.1) is 0 Å². The number of halogens is 4. The van der Waals surface area contributed by atoms with Gasteiger partial charge in [0, 0.05) is 17.9 Å². The van der Waals surface area contributed by atoms with Crippen molar-refractivity contribution < 1.29 is 31.9 Å². The summed E-state index contributed by atoms with van der Waals surface area (Å²) >= 11 is 0. The van der Waals surface area contributed by atoms with Gasteiger partial charge in [0.1, 0.15) is 11.9 Å². The van der Waals surface area contributed by atoms with Gasteiger partial charge in [0.25, 0.3) is 17.6 Å². The van der Waals surface area contributed by atoms with Crippen molar-refractivity contribution in [2.75, 3.05) is 5.32 Å². The first-order valence-corrected chi connectivity index (χ1v) is 9.71. The molecule has 1 aromatic heterocycles. The number of rotatable bonds is 5. The highest BCUT2D eigenvalue weighted by Gasteiger charge is 2.39. The number of aryl methyl sites for hydroxylation is 1. The van der Waals surface area contributed by atoms with Crippen LogP contribution in [0.1, 0.15) is 51.9 Å². The second kappa shape index (κ2) is 8.52. The van der Waals surface area contributed by atoms with Crippen LogP contribution < -0.4 is 10.6 Å². The largest absolute Gasteiger partial charge is 0.408 e. The second-order valence-corrected chi connectivity index (χ2v) is 7.48. The summed E-state index contributed by atoms with van der Waals surface area (Å²) in [6.07, 6.45) is -2.77. The standard InChI is InChI=1S/C21H21F4N3O3/c1-11-9-13(6-7-15(11)22)27-19(30)14-10-17(28-8-4-3-5-16(14)28)18(29)20(31)26-12(2)21(23,24)25/h6-7,9-10,12H,3-5,8H2,1-2H3,(H,26,31)(H,27,30)/t12-/m0/s1. The number of amides is 2. The number of nitrogens with one attached hydrogen (secondary N) is 2.